The summed E-state index contributed by atoms with van der Waals surface area (Å²) < 4.78 is 0. The maximum Gasteiger partial charge on any atom is 0.295 e. The van der Waals surface area contributed by atoms with E-state index in [0.717, 1.165) is 0 Å². The van der Waals surface area contributed by atoms with Crippen molar-refractivity contribution in [2.45, 2.75) is 0 Å². The predicted octanol–water partition coefficient (Wildman–Crippen LogP) is -0.959. The van der Waals surface area contributed by atoms with Crippen molar-refractivity contribution >= 4 is 11.0 Å². The molecule has 0 aliphatic rings. The molecule has 2 aromatic rings. The zero-order valence-electron chi connectivity index (χ0n) is 4.83. The van der Waals surface area contributed by atoms with E-state index >= 15 is 0 Å². The third-order valence-electron chi connectivity index (χ3n) is 1.14. The van der Waals surface area contributed by atoms with Crippen molar-refractivity contribution in [3.63, 3.8) is 0 Å². The summed E-state index contributed by atoms with van der Waals surface area (Å²) in [6.45, 7) is 0. The van der Waals surface area contributed by atoms with Crippen LogP contribution in [0.25, 0.3) is 11.0 Å². The summed E-state index contributed by atoms with van der Waals surface area (Å²) >= 11 is 0. The Labute approximate surface area is 54.3 Å². The third kappa shape index (κ3) is 0.524. The fraction of sp³-hybridized carbons (Fsp3) is 0. The summed E-state index contributed by atoms with van der Waals surface area (Å²) in [4.78, 5) is 10.8. The highest BCUT2D eigenvalue weighted by molar-refractivity contribution is 5.70. The molecule has 0 aromatic carbocycles. The molecule has 0 amide bonds. The van der Waals surface area contributed by atoms with Gasteiger partial charge >= 0.3 is 0 Å². The van der Waals surface area contributed by atoms with Gasteiger partial charge in [-0.15, -0.1) is 5.10 Å². The first-order valence-electron chi connectivity index (χ1n) is 2.63. The van der Waals surface area contributed by atoms with Crippen LogP contribution in [-0.4, -0.2) is 25.6 Å². The molecule has 0 atom stereocenters. The Bertz CT molecular complexity index is 401. The monoisotopic (exact) mass is 137 g/mol. The first kappa shape index (κ1) is 5.10. The molecule has 0 fully saturated rings. The SMILES string of the molecule is O=c1[nH]nnc2c[nH]nc12. The van der Waals surface area contributed by atoms with E-state index in [9.17, 15) is 4.79 Å². The molecule has 2 aromatic heterocycles. The van der Waals surface area contributed by atoms with Gasteiger partial charge in [0.1, 0.15) is 5.52 Å². The molecule has 10 heavy (non-hydrogen) atoms. The molecular weight excluding hydrogens is 134 g/mol. The van der Waals surface area contributed by atoms with Crippen LogP contribution in [0, 0.1) is 0 Å². The van der Waals surface area contributed by atoms with Gasteiger partial charge in [-0.05, 0) is 0 Å². The Balaban J connectivity index is 3.09. The molecule has 6 heteroatoms. The van der Waals surface area contributed by atoms with Crippen molar-refractivity contribution in [2.75, 3.05) is 0 Å². The van der Waals surface area contributed by atoms with Crippen LogP contribution in [0.2, 0.25) is 0 Å². The number of hydrogen-bond donors (Lipinski definition) is 2. The summed E-state index contributed by atoms with van der Waals surface area (Å²) in [5, 5.41) is 15.3. The molecule has 0 unspecified atom stereocenters. The van der Waals surface area contributed by atoms with Gasteiger partial charge in [0.05, 0.1) is 6.20 Å². The van der Waals surface area contributed by atoms with Gasteiger partial charge in [-0.3, -0.25) is 9.89 Å². The average molecular weight is 137 g/mol. The topological polar surface area (TPSA) is 87.3 Å². The maximum atomic E-state index is 10.8. The highest BCUT2D eigenvalue weighted by Gasteiger charge is 1.99. The van der Waals surface area contributed by atoms with Crippen molar-refractivity contribution < 1.29 is 0 Å². The van der Waals surface area contributed by atoms with E-state index < -0.39 is 0 Å². The summed E-state index contributed by atoms with van der Waals surface area (Å²) in [5.74, 6) is 0. The van der Waals surface area contributed by atoms with Gasteiger partial charge in [0.15, 0.2) is 5.52 Å². The Hall–Kier alpha value is -1.72. The quantitative estimate of drug-likeness (QED) is 0.489. The molecule has 0 saturated heterocycles. The minimum absolute atomic E-state index is 0.287. The number of fused-ring (bicyclic) bond motifs is 1. The van der Waals surface area contributed by atoms with Gasteiger partial charge in [0.2, 0.25) is 0 Å². The number of nitrogens with zero attached hydrogens (tertiary/aromatic N) is 3. The van der Waals surface area contributed by atoms with Gasteiger partial charge in [0, 0.05) is 0 Å². The van der Waals surface area contributed by atoms with E-state index in [0.29, 0.717) is 5.52 Å². The van der Waals surface area contributed by atoms with Gasteiger partial charge in [-0.25, -0.2) is 5.10 Å². The van der Waals surface area contributed by atoms with Gasteiger partial charge in [0.25, 0.3) is 5.56 Å². The second kappa shape index (κ2) is 1.63. The fourth-order valence-electron chi connectivity index (χ4n) is 0.704. The molecule has 0 bridgehead atoms. The first-order valence-corrected chi connectivity index (χ1v) is 2.63. The normalized spacial score (nSPS) is 10.4. The molecular formula is C4H3N5O. The van der Waals surface area contributed by atoms with Gasteiger partial charge in [-0.2, -0.15) is 5.10 Å². The summed E-state index contributed by atoms with van der Waals surface area (Å²) in [6, 6.07) is 0. The Kier molecular flexibility index (Phi) is 0.830. The second-order valence-corrected chi connectivity index (χ2v) is 1.76. The Morgan fingerprint density at radius 3 is 3.20 bits per heavy atom. The molecule has 0 aliphatic carbocycles. The molecule has 2 N–H and O–H groups in total. The minimum Gasteiger partial charge on any atom is -0.283 e. The number of hydrogen-bond acceptors (Lipinski definition) is 4. The van der Waals surface area contributed by atoms with Crippen molar-refractivity contribution in [1.29, 1.82) is 0 Å². The highest BCUT2D eigenvalue weighted by atomic mass is 16.1. The van der Waals surface area contributed by atoms with Crippen LogP contribution in [0.3, 0.4) is 0 Å². The predicted molar refractivity (Wildman–Crippen MR) is 32.3 cm³/mol. The second-order valence-electron chi connectivity index (χ2n) is 1.76. The van der Waals surface area contributed by atoms with E-state index in [1.807, 2.05) is 0 Å². The van der Waals surface area contributed by atoms with Crippen molar-refractivity contribution in [3.05, 3.63) is 16.6 Å². The van der Waals surface area contributed by atoms with Gasteiger partial charge < -0.3 is 0 Å². The smallest absolute Gasteiger partial charge is 0.283 e. The van der Waals surface area contributed by atoms with Crippen molar-refractivity contribution in [3.8, 4) is 0 Å². The Morgan fingerprint density at radius 2 is 2.40 bits per heavy atom. The molecule has 2 rings (SSSR count). The van der Waals surface area contributed by atoms with E-state index in [2.05, 4.69) is 25.6 Å². The number of aromatic amines is 2. The summed E-state index contributed by atoms with van der Waals surface area (Å²) in [6.07, 6.45) is 1.51. The maximum absolute atomic E-state index is 10.8. The third-order valence-corrected chi connectivity index (χ3v) is 1.14. The number of aromatic nitrogens is 5. The van der Waals surface area contributed by atoms with Crippen LogP contribution < -0.4 is 5.56 Å². The minimum atomic E-state index is -0.328. The van der Waals surface area contributed by atoms with Crippen LogP contribution in [0.5, 0.6) is 0 Å². The zero-order chi connectivity index (χ0) is 6.97. The van der Waals surface area contributed by atoms with Crippen LogP contribution >= 0.6 is 0 Å². The number of H-pyrrole nitrogens is 2. The van der Waals surface area contributed by atoms with Crippen LogP contribution in [0.4, 0.5) is 0 Å². The van der Waals surface area contributed by atoms with Crippen molar-refractivity contribution in [1.82, 2.24) is 25.6 Å². The lowest BCUT2D eigenvalue weighted by atomic mass is 10.5. The van der Waals surface area contributed by atoms with Crippen LogP contribution in [-0.2, 0) is 0 Å². The molecule has 0 aliphatic heterocycles. The molecule has 2 heterocycles. The lowest BCUT2D eigenvalue weighted by Crippen LogP contribution is -2.08. The Morgan fingerprint density at radius 1 is 1.50 bits per heavy atom. The lowest BCUT2D eigenvalue weighted by molar-refractivity contribution is 0.871. The highest BCUT2D eigenvalue weighted by Crippen LogP contribution is 1.94. The summed E-state index contributed by atoms with van der Waals surface area (Å²) in [7, 11) is 0. The number of rotatable bonds is 0. The fourth-order valence-corrected chi connectivity index (χ4v) is 0.704. The zero-order valence-corrected chi connectivity index (χ0v) is 4.83. The molecule has 50 valence electrons. The standard InChI is InChI=1S/C4H3N5O/c10-4-3-2(1-5-7-3)6-9-8-4/h1H,(H,5,7)(H,6,8,10). The van der Waals surface area contributed by atoms with E-state index in [4.69, 9.17) is 0 Å². The van der Waals surface area contributed by atoms with E-state index in [1.54, 1.807) is 0 Å². The average Bonchev–Trinajstić information content (AvgIpc) is 2.36. The number of nitrogens with one attached hydrogen (secondary N) is 2. The van der Waals surface area contributed by atoms with Crippen molar-refractivity contribution in [2.24, 2.45) is 0 Å². The molecule has 6 nitrogen and oxygen atoms in total. The summed E-state index contributed by atoms with van der Waals surface area (Å²) in [5.41, 5.74) is 0.435. The van der Waals surface area contributed by atoms with E-state index in [1.165, 1.54) is 6.20 Å². The van der Waals surface area contributed by atoms with E-state index in [-0.39, 0.29) is 11.1 Å². The van der Waals surface area contributed by atoms with Crippen LogP contribution in [0.1, 0.15) is 0 Å². The van der Waals surface area contributed by atoms with Gasteiger partial charge in [-0.1, -0.05) is 5.21 Å². The van der Waals surface area contributed by atoms with Crippen LogP contribution in [0.15, 0.2) is 11.0 Å². The first-order chi connectivity index (χ1) is 4.88. The molecule has 0 saturated carbocycles. The largest absolute Gasteiger partial charge is 0.295 e. The molecule has 0 radical (unpaired) electrons. The molecule has 0 spiro atoms. The lowest BCUT2D eigenvalue weighted by Gasteiger charge is -1.79.